The van der Waals surface area contributed by atoms with Crippen molar-refractivity contribution in [3.63, 3.8) is 0 Å². The number of halogens is 3. The molecule has 1 aromatic carbocycles. The molecule has 2 heterocycles. The molecule has 6 heteroatoms. The highest BCUT2D eigenvalue weighted by atomic mass is 35.5. The Kier molecular flexibility index (Phi) is 4.31. The van der Waals surface area contributed by atoms with Crippen LogP contribution in [0.25, 0.3) is 0 Å². The Balaban J connectivity index is 2.14. The van der Waals surface area contributed by atoms with Crippen molar-refractivity contribution in [3.8, 4) is 0 Å². The first-order chi connectivity index (χ1) is 10.5. The maximum Gasteiger partial charge on any atom is 0.141 e. The molecule has 2 aromatic rings. The van der Waals surface area contributed by atoms with E-state index >= 15 is 0 Å². The van der Waals surface area contributed by atoms with Crippen molar-refractivity contribution in [1.29, 1.82) is 0 Å². The van der Waals surface area contributed by atoms with Crippen LogP contribution in [0, 0.1) is 6.92 Å². The van der Waals surface area contributed by atoms with Gasteiger partial charge in [0.1, 0.15) is 16.8 Å². The lowest BCUT2D eigenvalue weighted by molar-refractivity contribution is 0.743. The SMILES string of the molecule is C=CCC1CN(c2ccc(Cl)cc2Cl)c2nc(C)nc(Cl)c21. The summed E-state index contributed by atoms with van der Waals surface area (Å²) in [5.41, 5.74) is 1.83. The number of allylic oxidation sites excluding steroid dienone is 1. The van der Waals surface area contributed by atoms with Gasteiger partial charge in [0, 0.05) is 23.0 Å². The second-order valence-corrected chi connectivity index (χ2v) is 6.43. The van der Waals surface area contributed by atoms with Crippen LogP contribution in [-0.4, -0.2) is 16.5 Å². The Morgan fingerprint density at radius 3 is 2.77 bits per heavy atom. The van der Waals surface area contributed by atoms with Crippen LogP contribution in [-0.2, 0) is 0 Å². The van der Waals surface area contributed by atoms with Crippen molar-refractivity contribution in [1.82, 2.24) is 9.97 Å². The minimum absolute atomic E-state index is 0.201. The molecule has 1 unspecified atom stereocenters. The summed E-state index contributed by atoms with van der Waals surface area (Å²) in [6, 6.07) is 5.45. The highest BCUT2D eigenvalue weighted by Crippen LogP contribution is 2.46. The van der Waals surface area contributed by atoms with Crippen LogP contribution in [0.1, 0.15) is 23.7 Å². The zero-order valence-corrected chi connectivity index (χ0v) is 14.3. The second-order valence-electron chi connectivity index (χ2n) is 5.23. The Bertz CT molecular complexity index is 746. The van der Waals surface area contributed by atoms with Gasteiger partial charge in [0.25, 0.3) is 0 Å². The van der Waals surface area contributed by atoms with Gasteiger partial charge in [-0.25, -0.2) is 9.97 Å². The quantitative estimate of drug-likeness (QED) is 0.534. The van der Waals surface area contributed by atoms with Crippen LogP contribution in [0.3, 0.4) is 0 Å². The van der Waals surface area contributed by atoms with Crippen molar-refractivity contribution in [2.75, 3.05) is 11.4 Å². The van der Waals surface area contributed by atoms with Crippen LogP contribution in [0.2, 0.25) is 15.2 Å². The molecule has 1 aliphatic rings. The molecule has 1 aromatic heterocycles. The maximum atomic E-state index is 6.36. The van der Waals surface area contributed by atoms with E-state index < -0.39 is 0 Å². The van der Waals surface area contributed by atoms with Gasteiger partial charge in [-0.3, -0.25) is 0 Å². The standard InChI is InChI=1S/C16H14Cl3N3/c1-3-4-10-8-22(13-6-5-11(17)7-12(13)18)16-14(10)15(19)20-9(2)21-16/h3,5-7,10H,1,4,8H2,2H3. The normalized spacial score (nSPS) is 16.7. The van der Waals surface area contributed by atoms with Crippen molar-refractivity contribution >= 4 is 46.3 Å². The predicted molar refractivity (Wildman–Crippen MR) is 92.8 cm³/mol. The summed E-state index contributed by atoms with van der Waals surface area (Å²) in [4.78, 5) is 10.9. The number of hydrogen-bond acceptors (Lipinski definition) is 3. The van der Waals surface area contributed by atoms with Crippen LogP contribution >= 0.6 is 34.8 Å². The Morgan fingerprint density at radius 2 is 2.09 bits per heavy atom. The number of hydrogen-bond donors (Lipinski definition) is 0. The van der Waals surface area contributed by atoms with Gasteiger partial charge in [-0.05, 0) is 31.5 Å². The molecule has 0 amide bonds. The minimum atomic E-state index is 0.201. The van der Waals surface area contributed by atoms with Gasteiger partial charge >= 0.3 is 0 Å². The van der Waals surface area contributed by atoms with Crippen molar-refractivity contribution in [2.24, 2.45) is 0 Å². The number of anilines is 2. The number of fused-ring (bicyclic) bond motifs is 1. The summed E-state index contributed by atoms with van der Waals surface area (Å²) in [5, 5.41) is 1.69. The molecule has 0 saturated carbocycles. The van der Waals surface area contributed by atoms with Crippen molar-refractivity contribution in [2.45, 2.75) is 19.3 Å². The van der Waals surface area contributed by atoms with Gasteiger partial charge in [0.05, 0.1) is 10.7 Å². The molecule has 1 aliphatic heterocycles. The lowest BCUT2D eigenvalue weighted by atomic mass is 10.0. The van der Waals surface area contributed by atoms with E-state index in [1.54, 1.807) is 6.07 Å². The van der Waals surface area contributed by atoms with E-state index in [9.17, 15) is 0 Å². The third-order valence-electron chi connectivity index (χ3n) is 3.71. The van der Waals surface area contributed by atoms with Crippen molar-refractivity contribution < 1.29 is 0 Å². The van der Waals surface area contributed by atoms with Crippen LogP contribution in [0.15, 0.2) is 30.9 Å². The summed E-state index contributed by atoms with van der Waals surface area (Å²) in [7, 11) is 0. The minimum Gasteiger partial charge on any atom is -0.324 e. The number of benzene rings is 1. The van der Waals surface area contributed by atoms with Crippen LogP contribution in [0.5, 0.6) is 0 Å². The van der Waals surface area contributed by atoms with E-state index in [0.29, 0.717) is 21.0 Å². The van der Waals surface area contributed by atoms with Gasteiger partial charge in [-0.1, -0.05) is 40.9 Å². The Morgan fingerprint density at radius 1 is 1.32 bits per heavy atom. The molecule has 0 radical (unpaired) electrons. The summed E-state index contributed by atoms with van der Waals surface area (Å²) in [6.45, 7) is 6.39. The van der Waals surface area contributed by atoms with E-state index in [-0.39, 0.29) is 5.92 Å². The van der Waals surface area contributed by atoms with Gasteiger partial charge in [-0.15, -0.1) is 6.58 Å². The average molecular weight is 355 g/mol. The third-order valence-corrected chi connectivity index (χ3v) is 4.54. The Labute approximate surface area is 144 Å². The molecule has 3 nitrogen and oxygen atoms in total. The predicted octanol–water partition coefficient (Wildman–Crippen LogP) is 5.56. The molecular weight excluding hydrogens is 341 g/mol. The number of nitrogens with zero attached hydrogens (tertiary/aromatic N) is 3. The molecule has 0 saturated heterocycles. The second kappa shape index (κ2) is 6.07. The lowest BCUT2D eigenvalue weighted by Crippen LogP contribution is -2.16. The summed E-state index contributed by atoms with van der Waals surface area (Å²) >= 11 is 18.7. The van der Waals surface area contributed by atoms with E-state index in [0.717, 1.165) is 30.0 Å². The molecule has 3 rings (SSSR count). The summed E-state index contributed by atoms with van der Waals surface area (Å²) in [6.07, 6.45) is 2.69. The highest BCUT2D eigenvalue weighted by molar-refractivity contribution is 6.36. The molecule has 0 spiro atoms. The largest absolute Gasteiger partial charge is 0.324 e. The average Bonchev–Trinajstić information content (AvgIpc) is 2.78. The fourth-order valence-corrected chi connectivity index (χ4v) is 3.67. The first kappa shape index (κ1) is 15.6. The van der Waals surface area contributed by atoms with E-state index in [1.807, 2.05) is 25.1 Å². The first-order valence-corrected chi connectivity index (χ1v) is 8.02. The number of aryl methyl sites for hydroxylation is 1. The summed E-state index contributed by atoms with van der Waals surface area (Å²) in [5.74, 6) is 1.65. The Hall–Kier alpha value is -1.29. The fourth-order valence-electron chi connectivity index (χ4n) is 2.79. The molecule has 0 N–H and O–H groups in total. The van der Waals surface area contributed by atoms with Gasteiger partial charge in [0.2, 0.25) is 0 Å². The van der Waals surface area contributed by atoms with E-state index in [1.165, 1.54) is 0 Å². The molecule has 0 bridgehead atoms. The molecule has 22 heavy (non-hydrogen) atoms. The van der Waals surface area contributed by atoms with Crippen LogP contribution in [0.4, 0.5) is 11.5 Å². The summed E-state index contributed by atoms with van der Waals surface area (Å²) < 4.78 is 0. The highest BCUT2D eigenvalue weighted by Gasteiger charge is 2.34. The van der Waals surface area contributed by atoms with Crippen LogP contribution < -0.4 is 4.90 Å². The van der Waals surface area contributed by atoms with Gasteiger partial charge < -0.3 is 4.90 Å². The first-order valence-electron chi connectivity index (χ1n) is 6.88. The topological polar surface area (TPSA) is 29.0 Å². The molecular formula is C16H14Cl3N3. The number of rotatable bonds is 3. The molecule has 0 fully saturated rings. The van der Waals surface area contributed by atoms with Gasteiger partial charge in [-0.2, -0.15) is 0 Å². The zero-order chi connectivity index (χ0) is 15.9. The molecule has 1 atom stereocenters. The third kappa shape index (κ3) is 2.69. The van der Waals surface area contributed by atoms with Gasteiger partial charge in [0.15, 0.2) is 0 Å². The van der Waals surface area contributed by atoms with Crippen molar-refractivity contribution in [3.05, 3.63) is 57.4 Å². The lowest BCUT2D eigenvalue weighted by Gasteiger charge is -2.20. The maximum absolute atomic E-state index is 6.36. The molecule has 114 valence electrons. The smallest absolute Gasteiger partial charge is 0.141 e. The monoisotopic (exact) mass is 353 g/mol. The molecule has 0 aliphatic carbocycles. The van der Waals surface area contributed by atoms with E-state index in [2.05, 4.69) is 21.4 Å². The fraction of sp³-hybridized carbons (Fsp3) is 0.250. The number of aromatic nitrogens is 2. The zero-order valence-electron chi connectivity index (χ0n) is 12.0. The van der Waals surface area contributed by atoms with E-state index in [4.69, 9.17) is 34.8 Å².